The van der Waals surface area contributed by atoms with Crippen molar-refractivity contribution in [2.24, 2.45) is 0 Å². The number of halogens is 1. The third-order valence-electron chi connectivity index (χ3n) is 3.83. The van der Waals surface area contributed by atoms with Gasteiger partial charge in [-0.1, -0.05) is 12.1 Å². The van der Waals surface area contributed by atoms with Gasteiger partial charge in [-0.05, 0) is 36.6 Å². The Morgan fingerprint density at radius 2 is 2.09 bits per heavy atom. The molecule has 1 aromatic heterocycles. The predicted molar refractivity (Wildman–Crippen MR) is 78.4 cm³/mol. The van der Waals surface area contributed by atoms with Gasteiger partial charge < -0.3 is 10.0 Å². The van der Waals surface area contributed by atoms with Crippen LogP contribution in [0.4, 0.5) is 4.39 Å². The summed E-state index contributed by atoms with van der Waals surface area (Å²) in [5, 5.41) is 16.9. The van der Waals surface area contributed by atoms with Crippen LogP contribution < -0.4 is 0 Å². The van der Waals surface area contributed by atoms with Crippen molar-refractivity contribution >= 4 is 5.91 Å². The summed E-state index contributed by atoms with van der Waals surface area (Å²) in [7, 11) is 0. The number of aromatic amines is 1. The molecule has 1 atom stereocenters. The SMILES string of the molecule is O=C(Cc1ccn[nH]1)N(CC(O)c1ccc(F)cc1)C1CC1. The van der Waals surface area contributed by atoms with Crippen LogP contribution in [0.3, 0.4) is 0 Å². The molecule has 1 unspecified atom stereocenters. The van der Waals surface area contributed by atoms with E-state index >= 15 is 0 Å². The summed E-state index contributed by atoms with van der Waals surface area (Å²) < 4.78 is 12.9. The topological polar surface area (TPSA) is 69.2 Å². The average molecular weight is 303 g/mol. The van der Waals surface area contributed by atoms with Crippen LogP contribution in [-0.4, -0.2) is 38.7 Å². The number of hydrogen-bond acceptors (Lipinski definition) is 3. The fraction of sp³-hybridized carbons (Fsp3) is 0.375. The standard InChI is InChI=1S/C16H18FN3O2/c17-12-3-1-11(2-4-12)15(21)10-20(14-5-6-14)16(22)9-13-7-8-18-19-13/h1-4,7-8,14-15,21H,5-6,9-10H2,(H,18,19). The normalized spacial score (nSPS) is 15.5. The number of aliphatic hydroxyl groups is 1. The Bertz CT molecular complexity index is 623. The Hall–Kier alpha value is -2.21. The van der Waals surface area contributed by atoms with E-state index < -0.39 is 6.10 Å². The number of hydrogen-bond donors (Lipinski definition) is 2. The zero-order chi connectivity index (χ0) is 15.5. The molecule has 0 saturated heterocycles. The fourth-order valence-corrected chi connectivity index (χ4v) is 2.46. The maximum atomic E-state index is 12.9. The quantitative estimate of drug-likeness (QED) is 0.855. The van der Waals surface area contributed by atoms with Gasteiger partial charge in [0.25, 0.3) is 0 Å². The highest BCUT2D eigenvalue weighted by Crippen LogP contribution is 2.29. The maximum Gasteiger partial charge on any atom is 0.228 e. The van der Waals surface area contributed by atoms with E-state index in [1.54, 1.807) is 29.3 Å². The number of nitrogens with one attached hydrogen (secondary N) is 1. The molecule has 1 aliphatic rings. The second-order valence-corrected chi connectivity index (χ2v) is 5.60. The van der Waals surface area contributed by atoms with Crippen LogP contribution in [0, 0.1) is 5.82 Å². The van der Waals surface area contributed by atoms with E-state index in [4.69, 9.17) is 0 Å². The van der Waals surface area contributed by atoms with Gasteiger partial charge in [-0.15, -0.1) is 0 Å². The minimum absolute atomic E-state index is 0.0343. The zero-order valence-corrected chi connectivity index (χ0v) is 12.1. The van der Waals surface area contributed by atoms with Crippen LogP contribution in [-0.2, 0) is 11.2 Å². The Labute approximate surface area is 127 Å². The molecule has 1 heterocycles. The van der Waals surface area contributed by atoms with Gasteiger partial charge in [-0.2, -0.15) is 5.10 Å². The first-order valence-electron chi connectivity index (χ1n) is 7.35. The third-order valence-corrected chi connectivity index (χ3v) is 3.83. The molecule has 5 nitrogen and oxygen atoms in total. The van der Waals surface area contributed by atoms with E-state index in [-0.39, 0.29) is 30.7 Å². The molecule has 0 spiro atoms. The Morgan fingerprint density at radius 3 is 2.68 bits per heavy atom. The number of aromatic nitrogens is 2. The molecule has 116 valence electrons. The molecule has 0 bridgehead atoms. The van der Waals surface area contributed by atoms with Crippen molar-refractivity contribution in [1.29, 1.82) is 0 Å². The van der Waals surface area contributed by atoms with Gasteiger partial charge in [-0.25, -0.2) is 4.39 Å². The van der Waals surface area contributed by atoms with Gasteiger partial charge in [0.2, 0.25) is 5.91 Å². The van der Waals surface area contributed by atoms with Crippen molar-refractivity contribution < 1.29 is 14.3 Å². The molecule has 6 heteroatoms. The van der Waals surface area contributed by atoms with E-state index in [9.17, 15) is 14.3 Å². The van der Waals surface area contributed by atoms with Gasteiger partial charge in [0, 0.05) is 17.9 Å². The summed E-state index contributed by atoms with van der Waals surface area (Å²) >= 11 is 0. The lowest BCUT2D eigenvalue weighted by Gasteiger charge is -2.25. The third kappa shape index (κ3) is 3.51. The maximum absolute atomic E-state index is 12.9. The Balaban J connectivity index is 1.66. The van der Waals surface area contributed by atoms with Crippen LogP contribution in [0.5, 0.6) is 0 Å². The lowest BCUT2D eigenvalue weighted by molar-refractivity contribution is -0.132. The van der Waals surface area contributed by atoms with Gasteiger partial charge in [-0.3, -0.25) is 9.89 Å². The summed E-state index contributed by atoms with van der Waals surface area (Å²) in [6.07, 6.45) is 2.96. The Kier molecular flexibility index (Phi) is 4.20. The lowest BCUT2D eigenvalue weighted by atomic mass is 10.1. The van der Waals surface area contributed by atoms with Crippen molar-refractivity contribution in [2.75, 3.05) is 6.54 Å². The Morgan fingerprint density at radius 1 is 1.36 bits per heavy atom. The molecular weight excluding hydrogens is 285 g/mol. The fourth-order valence-electron chi connectivity index (χ4n) is 2.46. The molecule has 1 aliphatic carbocycles. The number of aliphatic hydroxyl groups excluding tert-OH is 1. The van der Waals surface area contributed by atoms with Gasteiger partial charge in [0.1, 0.15) is 5.82 Å². The molecule has 2 aromatic rings. The minimum Gasteiger partial charge on any atom is -0.387 e. The zero-order valence-electron chi connectivity index (χ0n) is 12.1. The molecule has 1 fully saturated rings. The lowest BCUT2D eigenvalue weighted by Crippen LogP contribution is -2.37. The van der Waals surface area contributed by atoms with Crippen molar-refractivity contribution in [2.45, 2.75) is 31.4 Å². The molecule has 1 amide bonds. The number of nitrogens with zero attached hydrogens (tertiary/aromatic N) is 2. The second kappa shape index (κ2) is 6.27. The first-order chi connectivity index (χ1) is 10.6. The number of amides is 1. The predicted octanol–water partition coefficient (Wildman–Crippen LogP) is 1.82. The van der Waals surface area contributed by atoms with Gasteiger partial charge >= 0.3 is 0 Å². The van der Waals surface area contributed by atoms with Crippen LogP contribution in [0.25, 0.3) is 0 Å². The summed E-state index contributed by atoms with van der Waals surface area (Å²) in [4.78, 5) is 14.1. The van der Waals surface area contributed by atoms with Crippen LogP contribution in [0.15, 0.2) is 36.5 Å². The number of rotatable bonds is 6. The van der Waals surface area contributed by atoms with E-state index in [1.165, 1.54) is 12.1 Å². The summed E-state index contributed by atoms with van der Waals surface area (Å²) in [5.74, 6) is -0.377. The average Bonchev–Trinajstić information content (AvgIpc) is 3.22. The number of benzene rings is 1. The first-order valence-corrected chi connectivity index (χ1v) is 7.35. The largest absolute Gasteiger partial charge is 0.387 e. The summed E-state index contributed by atoms with van der Waals surface area (Å²) in [6.45, 7) is 0.225. The molecule has 3 rings (SSSR count). The van der Waals surface area contributed by atoms with E-state index in [1.807, 2.05) is 0 Å². The second-order valence-electron chi connectivity index (χ2n) is 5.60. The van der Waals surface area contributed by atoms with Crippen molar-refractivity contribution in [3.63, 3.8) is 0 Å². The molecule has 22 heavy (non-hydrogen) atoms. The molecule has 2 N–H and O–H groups in total. The monoisotopic (exact) mass is 303 g/mol. The molecule has 0 aliphatic heterocycles. The minimum atomic E-state index is -0.813. The number of carbonyl (C=O) groups excluding carboxylic acids is 1. The highest BCUT2D eigenvalue weighted by atomic mass is 19.1. The summed E-state index contributed by atoms with van der Waals surface area (Å²) in [5.41, 5.74) is 1.37. The van der Waals surface area contributed by atoms with Crippen LogP contribution in [0.2, 0.25) is 0 Å². The molecule has 1 aromatic carbocycles. The van der Waals surface area contributed by atoms with Crippen molar-refractivity contribution in [3.05, 3.63) is 53.6 Å². The highest BCUT2D eigenvalue weighted by molar-refractivity contribution is 5.79. The van der Waals surface area contributed by atoms with E-state index in [0.717, 1.165) is 18.5 Å². The molecule has 1 saturated carbocycles. The summed E-state index contributed by atoms with van der Waals surface area (Å²) in [6, 6.07) is 7.68. The van der Waals surface area contributed by atoms with Crippen molar-refractivity contribution in [3.8, 4) is 0 Å². The first kappa shape index (κ1) is 14.7. The van der Waals surface area contributed by atoms with E-state index in [0.29, 0.717) is 5.56 Å². The smallest absolute Gasteiger partial charge is 0.228 e. The van der Waals surface area contributed by atoms with Crippen LogP contribution in [0.1, 0.15) is 30.2 Å². The van der Waals surface area contributed by atoms with Crippen molar-refractivity contribution in [1.82, 2.24) is 15.1 Å². The number of H-pyrrole nitrogens is 1. The van der Waals surface area contributed by atoms with Gasteiger partial charge in [0.15, 0.2) is 0 Å². The number of carbonyl (C=O) groups is 1. The molecule has 0 radical (unpaired) electrons. The highest BCUT2D eigenvalue weighted by Gasteiger charge is 2.33. The van der Waals surface area contributed by atoms with Crippen LogP contribution >= 0.6 is 0 Å². The van der Waals surface area contributed by atoms with Gasteiger partial charge in [0.05, 0.1) is 19.1 Å². The molecular formula is C16H18FN3O2. The van der Waals surface area contributed by atoms with E-state index in [2.05, 4.69) is 10.2 Å².